The molecule has 0 fully saturated rings. The maximum Gasteiger partial charge on any atom is 0.236 e. The summed E-state index contributed by atoms with van der Waals surface area (Å²) in [7, 11) is 1.73. The first-order valence-electron chi connectivity index (χ1n) is 6.89. The standard InChI is InChI=1S/C15H22BrN3O2/c1-4-15(5-2,13(17)18-21)14(20)19(3)10-11-8-6-7-9-12(11)16/h6-9,21H,4-5,10H2,1-3H3,(H2,17,18). The Bertz CT molecular complexity index is 527. The van der Waals surface area contributed by atoms with E-state index in [1.165, 1.54) is 0 Å². The lowest BCUT2D eigenvalue weighted by Crippen LogP contribution is -2.49. The molecule has 116 valence electrons. The third-order valence-electron chi connectivity index (χ3n) is 3.93. The van der Waals surface area contributed by atoms with Gasteiger partial charge in [-0.15, -0.1) is 0 Å². The van der Waals surface area contributed by atoms with Crippen LogP contribution < -0.4 is 5.73 Å². The van der Waals surface area contributed by atoms with Gasteiger partial charge in [0.15, 0.2) is 5.84 Å². The molecule has 0 saturated heterocycles. The third kappa shape index (κ3) is 3.56. The molecule has 0 aromatic heterocycles. The van der Waals surface area contributed by atoms with E-state index in [2.05, 4.69) is 21.1 Å². The monoisotopic (exact) mass is 355 g/mol. The highest BCUT2D eigenvalue weighted by molar-refractivity contribution is 9.10. The molecule has 1 rings (SSSR count). The van der Waals surface area contributed by atoms with Crippen LogP contribution in [0.3, 0.4) is 0 Å². The number of amidine groups is 1. The molecule has 0 radical (unpaired) electrons. The van der Waals surface area contributed by atoms with Crippen molar-refractivity contribution < 1.29 is 10.0 Å². The summed E-state index contributed by atoms with van der Waals surface area (Å²) in [6, 6.07) is 7.74. The number of nitrogens with two attached hydrogens (primary N) is 1. The lowest BCUT2D eigenvalue weighted by Gasteiger charge is -2.33. The quantitative estimate of drug-likeness (QED) is 0.356. The SMILES string of the molecule is CCC(CC)(C(=O)N(C)Cc1ccccc1Br)C(N)=NO. The zero-order valence-corrected chi connectivity index (χ0v) is 14.2. The molecule has 0 unspecified atom stereocenters. The normalized spacial score (nSPS) is 12.3. The molecule has 0 bridgehead atoms. The van der Waals surface area contributed by atoms with Gasteiger partial charge in [-0.2, -0.15) is 0 Å². The van der Waals surface area contributed by atoms with Crippen LogP contribution in [-0.4, -0.2) is 28.9 Å². The highest BCUT2D eigenvalue weighted by atomic mass is 79.9. The van der Waals surface area contributed by atoms with Crippen LogP contribution in [0, 0.1) is 5.41 Å². The molecule has 5 nitrogen and oxygen atoms in total. The Kier molecular flexibility index (Phi) is 6.20. The highest BCUT2D eigenvalue weighted by Gasteiger charge is 2.41. The molecule has 0 atom stereocenters. The van der Waals surface area contributed by atoms with Gasteiger partial charge in [-0.3, -0.25) is 4.79 Å². The van der Waals surface area contributed by atoms with Crippen LogP contribution in [0.25, 0.3) is 0 Å². The number of hydrogen-bond acceptors (Lipinski definition) is 3. The van der Waals surface area contributed by atoms with E-state index >= 15 is 0 Å². The Morgan fingerprint density at radius 3 is 2.43 bits per heavy atom. The van der Waals surface area contributed by atoms with Crippen molar-refractivity contribution in [2.45, 2.75) is 33.2 Å². The molecule has 1 aromatic rings. The van der Waals surface area contributed by atoms with Crippen LogP contribution in [0.2, 0.25) is 0 Å². The molecule has 0 heterocycles. The van der Waals surface area contributed by atoms with Crippen molar-refractivity contribution in [3.8, 4) is 0 Å². The van der Waals surface area contributed by atoms with Gasteiger partial charge in [0.1, 0.15) is 5.41 Å². The summed E-state index contributed by atoms with van der Waals surface area (Å²) in [4.78, 5) is 14.4. The molecule has 1 amide bonds. The van der Waals surface area contributed by atoms with Crippen LogP contribution in [0.5, 0.6) is 0 Å². The number of nitrogens with zero attached hydrogens (tertiary/aromatic N) is 2. The van der Waals surface area contributed by atoms with E-state index in [9.17, 15) is 4.79 Å². The van der Waals surface area contributed by atoms with Gasteiger partial charge in [-0.05, 0) is 24.5 Å². The number of hydrogen-bond donors (Lipinski definition) is 2. The molecule has 1 aromatic carbocycles. The minimum absolute atomic E-state index is 0.0310. The van der Waals surface area contributed by atoms with Crippen molar-refractivity contribution in [3.63, 3.8) is 0 Å². The average Bonchev–Trinajstić information content (AvgIpc) is 2.50. The van der Waals surface area contributed by atoms with E-state index in [4.69, 9.17) is 10.9 Å². The number of rotatable bonds is 6. The van der Waals surface area contributed by atoms with E-state index in [-0.39, 0.29) is 11.7 Å². The van der Waals surface area contributed by atoms with E-state index in [0.717, 1.165) is 10.0 Å². The zero-order chi connectivity index (χ0) is 16.0. The van der Waals surface area contributed by atoms with Crippen molar-refractivity contribution >= 4 is 27.7 Å². The molecule has 0 aliphatic heterocycles. The van der Waals surface area contributed by atoms with E-state index < -0.39 is 5.41 Å². The Morgan fingerprint density at radius 1 is 1.38 bits per heavy atom. The van der Waals surface area contributed by atoms with Crippen molar-refractivity contribution in [1.29, 1.82) is 0 Å². The topological polar surface area (TPSA) is 78.9 Å². The minimum Gasteiger partial charge on any atom is -0.409 e. The summed E-state index contributed by atoms with van der Waals surface area (Å²) in [6.45, 7) is 4.19. The van der Waals surface area contributed by atoms with Crippen molar-refractivity contribution in [3.05, 3.63) is 34.3 Å². The summed E-state index contributed by atoms with van der Waals surface area (Å²) in [5.74, 6) is -0.171. The predicted molar refractivity (Wildman–Crippen MR) is 87.0 cm³/mol. The largest absolute Gasteiger partial charge is 0.409 e. The number of benzene rings is 1. The van der Waals surface area contributed by atoms with Crippen LogP contribution in [0.4, 0.5) is 0 Å². The van der Waals surface area contributed by atoms with Gasteiger partial charge in [0.25, 0.3) is 0 Å². The minimum atomic E-state index is -0.954. The summed E-state index contributed by atoms with van der Waals surface area (Å²) >= 11 is 3.47. The Morgan fingerprint density at radius 2 is 1.95 bits per heavy atom. The smallest absolute Gasteiger partial charge is 0.236 e. The van der Waals surface area contributed by atoms with Gasteiger partial charge in [-0.25, -0.2) is 0 Å². The van der Waals surface area contributed by atoms with Gasteiger partial charge >= 0.3 is 0 Å². The summed E-state index contributed by atoms with van der Waals surface area (Å²) in [5, 5.41) is 12.1. The first-order valence-corrected chi connectivity index (χ1v) is 7.69. The van der Waals surface area contributed by atoms with Gasteiger partial charge in [0.2, 0.25) is 5.91 Å². The molecule has 0 aliphatic rings. The molecule has 0 aliphatic carbocycles. The fourth-order valence-electron chi connectivity index (χ4n) is 2.44. The van der Waals surface area contributed by atoms with Crippen LogP contribution in [0.1, 0.15) is 32.3 Å². The fraction of sp³-hybridized carbons (Fsp3) is 0.467. The summed E-state index contributed by atoms with van der Waals surface area (Å²) in [5.41, 5.74) is 5.83. The van der Waals surface area contributed by atoms with Crippen molar-refractivity contribution in [1.82, 2.24) is 4.90 Å². The Hall–Kier alpha value is -1.56. The predicted octanol–water partition coefficient (Wildman–Crippen LogP) is 2.96. The summed E-state index contributed by atoms with van der Waals surface area (Å²) in [6.07, 6.45) is 0.969. The van der Waals surface area contributed by atoms with E-state index in [1.807, 2.05) is 38.1 Å². The fourth-order valence-corrected chi connectivity index (χ4v) is 2.85. The molecular weight excluding hydrogens is 334 g/mol. The number of oxime groups is 1. The van der Waals surface area contributed by atoms with E-state index in [1.54, 1.807) is 11.9 Å². The number of carbonyl (C=O) groups excluding carboxylic acids is 1. The van der Waals surface area contributed by atoms with Crippen LogP contribution in [-0.2, 0) is 11.3 Å². The molecule has 0 saturated carbocycles. The number of amides is 1. The highest BCUT2D eigenvalue weighted by Crippen LogP contribution is 2.30. The Labute approximate surface area is 133 Å². The van der Waals surface area contributed by atoms with Crippen LogP contribution in [0.15, 0.2) is 33.9 Å². The lowest BCUT2D eigenvalue weighted by atomic mass is 9.79. The van der Waals surface area contributed by atoms with Gasteiger partial charge in [0.05, 0.1) is 0 Å². The molecule has 6 heteroatoms. The second kappa shape index (κ2) is 7.45. The lowest BCUT2D eigenvalue weighted by molar-refractivity contribution is -0.138. The second-order valence-corrected chi connectivity index (χ2v) is 5.88. The van der Waals surface area contributed by atoms with E-state index in [0.29, 0.717) is 19.4 Å². The molecule has 0 spiro atoms. The molecular formula is C15H22BrN3O2. The zero-order valence-electron chi connectivity index (χ0n) is 12.6. The summed E-state index contributed by atoms with van der Waals surface area (Å²) < 4.78 is 0.951. The van der Waals surface area contributed by atoms with Crippen molar-refractivity contribution in [2.75, 3.05) is 7.05 Å². The Balaban J connectivity index is 3.02. The maximum atomic E-state index is 12.8. The van der Waals surface area contributed by atoms with Crippen molar-refractivity contribution in [2.24, 2.45) is 16.3 Å². The average molecular weight is 356 g/mol. The maximum absolute atomic E-state index is 12.8. The van der Waals surface area contributed by atoms with Gasteiger partial charge in [-0.1, -0.05) is 53.1 Å². The second-order valence-electron chi connectivity index (χ2n) is 5.03. The van der Waals surface area contributed by atoms with Gasteiger partial charge < -0.3 is 15.8 Å². The first kappa shape index (κ1) is 17.5. The number of halogens is 1. The number of carbonyl (C=O) groups is 1. The van der Waals surface area contributed by atoms with Crippen LogP contribution >= 0.6 is 15.9 Å². The third-order valence-corrected chi connectivity index (χ3v) is 4.70. The van der Waals surface area contributed by atoms with Gasteiger partial charge in [0, 0.05) is 18.1 Å². The molecule has 21 heavy (non-hydrogen) atoms. The molecule has 3 N–H and O–H groups in total. The first-order chi connectivity index (χ1) is 9.92.